The number of hydrogen-bond acceptors (Lipinski definition) is 10. The van der Waals surface area contributed by atoms with Gasteiger partial charge in [-0.3, -0.25) is 19.6 Å². The van der Waals surface area contributed by atoms with Gasteiger partial charge in [0.2, 0.25) is 0 Å². The largest absolute Gasteiger partial charge is 0.297 e. The Bertz CT molecular complexity index is 2490. The maximum atomic E-state index is 4.48. The molecule has 6 aromatic carbocycles. The Kier molecular flexibility index (Phi) is 15.1. The molecule has 2 aliphatic heterocycles. The number of para-hydroxylation sites is 2. The van der Waals surface area contributed by atoms with E-state index in [9.17, 15) is 0 Å². The van der Waals surface area contributed by atoms with Crippen molar-refractivity contribution in [2.75, 3.05) is 65.4 Å². The van der Waals surface area contributed by atoms with Crippen LogP contribution in [0, 0.1) is 0 Å². The fourth-order valence-electron chi connectivity index (χ4n) is 8.76. The van der Waals surface area contributed by atoms with Crippen LogP contribution in [0.2, 0.25) is 0 Å². The molecule has 0 amide bonds. The lowest BCUT2D eigenvalue weighted by atomic mass is 10.0. The third kappa shape index (κ3) is 11.3. The van der Waals surface area contributed by atoms with Crippen molar-refractivity contribution in [2.24, 2.45) is 0 Å². The lowest BCUT2D eigenvalue weighted by Crippen LogP contribution is -2.48. The topological polar surface area (TPSA) is 100 Å². The predicted octanol–water partition coefficient (Wildman–Crippen LogP) is 8.17. The lowest BCUT2D eigenvalue weighted by molar-refractivity contribution is 0.113. The summed E-state index contributed by atoms with van der Waals surface area (Å²) in [5, 5.41) is 25.7. The summed E-state index contributed by atoms with van der Waals surface area (Å²) in [7, 11) is 0. The summed E-state index contributed by atoms with van der Waals surface area (Å²) in [6.07, 6.45) is 8.92. The van der Waals surface area contributed by atoms with Gasteiger partial charge in [0.25, 0.3) is 0 Å². The molecule has 332 valence electrons. The van der Waals surface area contributed by atoms with Crippen LogP contribution in [0.1, 0.15) is 46.0 Å². The van der Waals surface area contributed by atoms with E-state index in [2.05, 4.69) is 184 Å². The molecule has 0 N–H and O–H groups in total. The number of nitrogens with zero attached hydrogens (tertiary/aromatic N) is 12. The van der Waals surface area contributed by atoms with Gasteiger partial charge in [-0.05, 0) is 67.4 Å². The summed E-state index contributed by atoms with van der Waals surface area (Å²) in [5.74, 6) is 1.70. The highest BCUT2D eigenvalue weighted by Crippen LogP contribution is 2.31. The molecule has 2 saturated heterocycles. The Balaban J connectivity index is 0.000000166. The van der Waals surface area contributed by atoms with Gasteiger partial charge in [-0.25, -0.2) is 0 Å². The summed E-state index contributed by atoms with van der Waals surface area (Å²) >= 11 is 0. The maximum Gasteiger partial charge on any atom is 0.178 e. The van der Waals surface area contributed by atoms with Crippen molar-refractivity contribution >= 4 is 12.2 Å². The van der Waals surface area contributed by atoms with Crippen molar-refractivity contribution in [3.8, 4) is 11.4 Å². The Labute approximate surface area is 387 Å². The molecule has 0 unspecified atom stereocenters. The molecule has 12 nitrogen and oxygen atoms in total. The molecule has 0 aliphatic carbocycles. The molecule has 0 spiro atoms. The third-order valence-electron chi connectivity index (χ3n) is 12.2. The first kappa shape index (κ1) is 44.0. The zero-order chi connectivity index (χ0) is 44.6. The molecule has 8 aromatic rings. The first-order valence-corrected chi connectivity index (χ1v) is 22.9. The average molecular weight is 873 g/mol. The Morgan fingerprint density at radius 2 is 0.697 bits per heavy atom. The number of aromatic nitrogens is 8. The van der Waals surface area contributed by atoms with E-state index in [1.54, 1.807) is 0 Å². The minimum absolute atomic E-state index is 0.00316. The Hall–Kier alpha value is -7.22. The molecule has 10 rings (SSSR count). The molecule has 2 aliphatic rings. The second kappa shape index (κ2) is 22.6. The van der Waals surface area contributed by atoms with E-state index in [1.165, 1.54) is 22.3 Å². The third-order valence-corrected chi connectivity index (χ3v) is 12.2. The molecule has 2 atom stereocenters. The van der Waals surface area contributed by atoms with Gasteiger partial charge in [0.05, 0.1) is 23.5 Å². The molecule has 4 heterocycles. The van der Waals surface area contributed by atoms with Crippen LogP contribution in [-0.4, -0.2) is 125 Å². The number of rotatable bonds is 14. The van der Waals surface area contributed by atoms with Crippen LogP contribution in [0.15, 0.2) is 194 Å². The smallest absolute Gasteiger partial charge is 0.178 e. The molecule has 2 fully saturated rings. The van der Waals surface area contributed by atoms with Gasteiger partial charge in [-0.15, -0.1) is 10.2 Å². The van der Waals surface area contributed by atoms with Crippen LogP contribution in [0.3, 0.4) is 0 Å². The maximum absolute atomic E-state index is 4.48. The summed E-state index contributed by atoms with van der Waals surface area (Å²) < 4.78 is 3.74. The molecule has 2 aromatic heterocycles. The quantitative estimate of drug-likeness (QED) is 0.107. The van der Waals surface area contributed by atoms with E-state index in [1.807, 2.05) is 82.2 Å². The predicted molar refractivity (Wildman–Crippen MR) is 262 cm³/mol. The van der Waals surface area contributed by atoms with Gasteiger partial charge in [0.15, 0.2) is 11.6 Å². The molecule has 66 heavy (non-hydrogen) atoms. The zero-order valence-corrected chi connectivity index (χ0v) is 37.2. The fourth-order valence-corrected chi connectivity index (χ4v) is 8.76. The van der Waals surface area contributed by atoms with E-state index < -0.39 is 0 Å². The highest BCUT2D eigenvalue weighted by atomic mass is 15.6. The van der Waals surface area contributed by atoms with Gasteiger partial charge < -0.3 is 0 Å². The van der Waals surface area contributed by atoms with Gasteiger partial charge in [-0.2, -0.15) is 9.36 Å². The van der Waals surface area contributed by atoms with Crippen LogP contribution >= 0.6 is 0 Å². The summed E-state index contributed by atoms with van der Waals surface area (Å²) in [6, 6.07) is 62.3. The number of tetrazole rings is 2. The molecule has 12 heteroatoms. The van der Waals surface area contributed by atoms with Crippen LogP contribution < -0.4 is 0 Å². The van der Waals surface area contributed by atoms with Gasteiger partial charge in [0.1, 0.15) is 0 Å². The van der Waals surface area contributed by atoms with E-state index in [0.29, 0.717) is 0 Å². The average Bonchev–Trinajstić information content (AvgIpc) is 4.08. The number of piperazine rings is 2. The van der Waals surface area contributed by atoms with E-state index >= 15 is 0 Å². The van der Waals surface area contributed by atoms with E-state index in [4.69, 9.17) is 0 Å². The van der Waals surface area contributed by atoms with Crippen molar-refractivity contribution in [3.05, 3.63) is 228 Å². The number of benzene rings is 6. The molecule has 0 saturated carbocycles. The lowest BCUT2D eigenvalue weighted by Gasteiger charge is -2.38. The monoisotopic (exact) mass is 872 g/mol. The standard InChI is InChI=1S/2C27H28N6/c2*1-4-11-23(12-5-1)13-10-18-31-19-21-32(22-20-31)26(24-14-6-2-7-15-24)27-28-29-30-33(27)25-16-8-3-9-17-25/h2*1-17,26H,18-22H2/b2*13-10+/t2*26-/m10/s1. The van der Waals surface area contributed by atoms with Gasteiger partial charge in [-0.1, -0.05) is 182 Å². The van der Waals surface area contributed by atoms with Gasteiger partial charge in [0, 0.05) is 65.4 Å². The molecular formula is C54H56N12. The summed E-state index contributed by atoms with van der Waals surface area (Å²) in [5.41, 5.74) is 6.86. The SMILES string of the molecule is C(=C\c1ccccc1)/CN1CCN([C@@H](c2ccccc2)c2nnnn2-c2ccccc2)CC1.C(=C\c1ccccc1)/CN1CCN([C@H](c2ccccc2)c2nnnn2-c2ccccc2)CC1. The number of hydrogen-bond donors (Lipinski definition) is 0. The fraction of sp³-hybridized carbons (Fsp3) is 0.222. The van der Waals surface area contributed by atoms with E-state index in [0.717, 1.165) is 88.5 Å². The normalized spacial score (nSPS) is 16.2. The van der Waals surface area contributed by atoms with Crippen LogP contribution in [-0.2, 0) is 0 Å². The Morgan fingerprint density at radius 1 is 0.379 bits per heavy atom. The zero-order valence-electron chi connectivity index (χ0n) is 37.2. The van der Waals surface area contributed by atoms with Crippen molar-refractivity contribution in [1.29, 1.82) is 0 Å². The second-order valence-corrected chi connectivity index (χ2v) is 16.5. The molecule has 0 radical (unpaired) electrons. The molecule has 0 bridgehead atoms. The minimum Gasteiger partial charge on any atom is -0.297 e. The van der Waals surface area contributed by atoms with Crippen molar-refractivity contribution in [1.82, 2.24) is 60.0 Å². The van der Waals surface area contributed by atoms with Crippen molar-refractivity contribution in [3.63, 3.8) is 0 Å². The van der Waals surface area contributed by atoms with Crippen molar-refractivity contribution < 1.29 is 0 Å². The van der Waals surface area contributed by atoms with Gasteiger partial charge >= 0.3 is 0 Å². The van der Waals surface area contributed by atoms with Crippen molar-refractivity contribution in [2.45, 2.75) is 12.1 Å². The van der Waals surface area contributed by atoms with Crippen LogP contribution in [0.5, 0.6) is 0 Å². The van der Waals surface area contributed by atoms with Crippen LogP contribution in [0.25, 0.3) is 23.5 Å². The Morgan fingerprint density at radius 3 is 1.05 bits per heavy atom. The first-order valence-electron chi connectivity index (χ1n) is 22.9. The van der Waals surface area contributed by atoms with Crippen LogP contribution in [0.4, 0.5) is 0 Å². The van der Waals surface area contributed by atoms with E-state index in [-0.39, 0.29) is 12.1 Å². The highest BCUT2D eigenvalue weighted by molar-refractivity contribution is 5.49. The summed E-state index contributed by atoms with van der Waals surface area (Å²) in [6.45, 7) is 9.79. The molecular weight excluding hydrogens is 817 g/mol. The highest BCUT2D eigenvalue weighted by Gasteiger charge is 2.32. The first-order chi connectivity index (χ1) is 32.8. The second-order valence-electron chi connectivity index (χ2n) is 16.5. The summed E-state index contributed by atoms with van der Waals surface area (Å²) in [4.78, 5) is 9.99. The minimum atomic E-state index is 0.00316.